The molecule has 6 rings (SSSR count). The van der Waals surface area contributed by atoms with E-state index < -0.39 is 11.5 Å². The topological polar surface area (TPSA) is 115 Å². The molecule has 1 saturated heterocycles. The number of aromatic nitrogens is 3. The number of hydrogen-bond donors (Lipinski definition) is 3. The van der Waals surface area contributed by atoms with E-state index in [0.717, 1.165) is 28.7 Å². The number of carbonyl (C=O) groups is 1. The number of nitrogens with zero attached hydrogens (tertiary/aromatic N) is 4. The van der Waals surface area contributed by atoms with Crippen LogP contribution in [0.5, 0.6) is 0 Å². The number of benzene rings is 1. The van der Waals surface area contributed by atoms with E-state index in [1.165, 1.54) is 22.6 Å². The normalized spacial score (nSPS) is 15.9. The summed E-state index contributed by atoms with van der Waals surface area (Å²) in [5.41, 5.74) is 3.87. The van der Waals surface area contributed by atoms with Crippen molar-refractivity contribution >= 4 is 44.8 Å². The number of rotatable bonds is 6. The molecular weight excluding hydrogens is 515 g/mol. The summed E-state index contributed by atoms with van der Waals surface area (Å²) >= 11 is 0. The van der Waals surface area contributed by atoms with Gasteiger partial charge in [0.15, 0.2) is 0 Å². The average Bonchev–Trinajstić information content (AvgIpc) is 3.30. The van der Waals surface area contributed by atoms with Gasteiger partial charge in [0.1, 0.15) is 17.0 Å². The van der Waals surface area contributed by atoms with Crippen LogP contribution in [0.1, 0.15) is 10.4 Å². The highest BCUT2D eigenvalue weighted by Gasteiger charge is 2.27. The van der Waals surface area contributed by atoms with Gasteiger partial charge in [0, 0.05) is 61.1 Å². The fourth-order valence-electron chi connectivity index (χ4n) is 5.60. The maximum atomic E-state index is 14.8. The minimum absolute atomic E-state index is 0.0491. The molecule has 3 N–H and O–H groups in total. The number of anilines is 2. The first kappa shape index (κ1) is 25.8. The fraction of sp³-hybridized carbons (Fsp3) is 0.276. The predicted octanol–water partition coefficient (Wildman–Crippen LogP) is 3.64. The molecular formula is C29H29FN6O4. The number of morpholine rings is 1. The minimum atomic E-state index is -1.28. The van der Waals surface area contributed by atoms with Gasteiger partial charge in [0.2, 0.25) is 0 Å². The molecule has 0 amide bonds. The Morgan fingerprint density at radius 2 is 2.08 bits per heavy atom. The van der Waals surface area contributed by atoms with Crippen LogP contribution >= 0.6 is 0 Å². The third-order valence-corrected chi connectivity index (χ3v) is 7.35. The quantitative estimate of drug-likeness (QED) is 0.297. The number of pyridine rings is 3. The number of aromatic carboxylic acids is 1. The highest BCUT2D eigenvalue weighted by atomic mass is 19.1. The van der Waals surface area contributed by atoms with Crippen LogP contribution in [-0.2, 0) is 4.74 Å². The second-order valence-corrected chi connectivity index (χ2v) is 10.3. The van der Waals surface area contributed by atoms with Crippen molar-refractivity contribution in [2.45, 2.75) is 6.10 Å². The van der Waals surface area contributed by atoms with Gasteiger partial charge in [0.25, 0.3) is 5.56 Å². The second kappa shape index (κ2) is 9.92. The van der Waals surface area contributed by atoms with Gasteiger partial charge >= 0.3 is 5.97 Å². The van der Waals surface area contributed by atoms with Crippen LogP contribution in [0, 0.1) is 5.82 Å². The number of hydrogen-bond acceptors (Lipinski definition) is 7. The standard InChI is InChI=1S/C29H29FN6O4/c1-31-23-11-17(30)10-21-24-26(35-8-9-40-19(15-35)14-34(2)3)22(12-32-27(24)33-25(21)23)16-4-5-18-6-7-20(29(38)39)28(37)36(18)13-16/h4-7,10-13,19,31H,8-9,14-15H2,1-3H3,(H,32,33)(H,38,39)/t19-/m1/s1. The molecule has 1 fully saturated rings. The SMILES string of the molecule is CNc1cc(F)cc2c1[nH]c1ncc(-c3ccc4ccc(C(=O)O)c(=O)n4c3)c(N3CCO[C@H](CN(C)C)C3)c12. The molecule has 0 bridgehead atoms. The van der Waals surface area contributed by atoms with Crippen molar-refractivity contribution in [1.29, 1.82) is 0 Å². The number of halogens is 1. The van der Waals surface area contributed by atoms with E-state index in [-0.39, 0.29) is 17.5 Å². The maximum absolute atomic E-state index is 14.8. The molecule has 5 heterocycles. The van der Waals surface area contributed by atoms with Crippen LogP contribution in [-0.4, -0.2) is 83.8 Å². The van der Waals surface area contributed by atoms with E-state index >= 15 is 0 Å². The first-order valence-electron chi connectivity index (χ1n) is 13.0. The molecule has 0 unspecified atom stereocenters. The molecule has 1 atom stereocenters. The van der Waals surface area contributed by atoms with Crippen molar-refractivity contribution in [3.63, 3.8) is 0 Å². The number of fused-ring (bicyclic) bond motifs is 4. The Labute approximate surface area is 228 Å². The molecule has 1 aliphatic heterocycles. The van der Waals surface area contributed by atoms with E-state index in [4.69, 9.17) is 9.72 Å². The van der Waals surface area contributed by atoms with Gasteiger partial charge in [-0.1, -0.05) is 6.07 Å². The fourth-order valence-corrected chi connectivity index (χ4v) is 5.60. The zero-order valence-corrected chi connectivity index (χ0v) is 22.4. The maximum Gasteiger partial charge on any atom is 0.341 e. The summed E-state index contributed by atoms with van der Waals surface area (Å²) in [4.78, 5) is 37.0. The van der Waals surface area contributed by atoms with Crippen molar-refractivity contribution in [2.75, 3.05) is 57.6 Å². The summed E-state index contributed by atoms with van der Waals surface area (Å²) < 4.78 is 22.2. The number of nitrogens with one attached hydrogen (secondary N) is 2. The molecule has 10 nitrogen and oxygen atoms in total. The van der Waals surface area contributed by atoms with Crippen molar-refractivity contribution < 1.29 is 19.0 Å². The highest BCUT2D eigenvalue weighted by molar-refractivity contribution is 6.17. The van der Waals surface area contributed by atoms with Crippen LogP contribution in [0.3, 0.4) is 0 Å². The third kappa shape index (κ3) is 4.33. The van der Waals surface area contributed by atoms with Gasteiger partial charge in [-0.25, -0.2) is 14.2 Å². The molecule has 1 aliphatic rings. The van der Waals surface area contributed by atoms with Crippen LogP contribution in [0.2, 0.25) is 0 Å². The Kier molecular flexibility index (Phi) is 6.40. The Morgan fingerprint density at radius 1 is 1.27 bits per heavy atom. The largest absolute Gasteiger partial charge is 0.477 e. The zero-order valence-electron chi connectivity index (χ0n) is 22.4. The Hall–Kier alpha value is -4.48. The lowest BCUT2D eigenvalue weighted by atomic mass is 10.0. The summed E-state index contributed by atoms with van der Waals surface area (Å²) in [5, 5.41) is 14.0. The van der Waals surface area contributed by atoms with Gasteiger partial charge in [0.05, 0.1) is 35.0 Å². The number of ether oxygens (including phenoxy) is 1. The predicted molar refractivity (Wildman–Crippen MR) is 153 cm³/mol. The van der Waals surface area contributed by atoms with E-state index in [9.17, 15) is 19.1 Å². The summed E-state index contributed by atoms with van der Waals surface area (Å²) in [6.07, 6.45) is 3.33. The molecule has 206 valence electrons. The van der Waals surface area contributed by atoms with Crippen molar-refractivity contribution in [2.24, 2.45) is 0 Å². The lowest BCUT2D eigenvalue weighted by Gasteiger charge is -2.37. The molecule has 0 spiro atoms. The summed E-state index contributed by atoms with van der Waals surface area (Å²) in [7, 11) is 5.74. The summed E-state index contributed by atoms with van der Waals surface area (Å²) in [6.45, 7) is 2.45. The Balaban J connectivity index is 1.63. The number of aromatic amines is 1. The van der Waals surface area contributed by atoms with Gasteiger partial charge in [-0.15, -0.1) is 0 Å². The molecule has 0 radical (unpaired) electrons. The lowest BCUT2D eigenvalue weighted by molar-refractivity contribution is 0.0249. The van der Waals surface area contributed by atoms with Crippen LogP contribution in [0.4, 0.5) is 15.8 Å². The monoisotopic (exact) mass is 544 g/mol. The molecule has 1 aromatic carbocycles. The van der Waals surface area contributed by atoms with Crippen molar-refractivity contribution in [3.05, 3.63) is 70.5 Å². The van der Waals surface area contributed by atoms with E-state index in [1.54, 1.807) is 31.6 Å². The summed E-state index contributed by atoms with van der Waals surface area (Å²) in [5.74, 6) is -1.66. The van der Waals surface area contributed by atoms with Crippen molar-refractivity contribution in [1.82, 2.24) is 19.3 Å². The number of H-pyrrole nitrogens is 1. The van der Waals surface area contributed by atoms with Gasteiger partial charge in [-0.3, -0.25) is 9.20 Å². The van der Waals surface area contributed by atoms with E-state index in [0.29, 0.717) is 47.5 Å². The molecule has 40 heavy (non-hydrogen) atoms. The van der Waals surface area contributed by atoms with Gasteiger partial charge < -0.3 is 29.9 Å². The molecule has 11 heteroatoms. The first-order valence-corrected chi connectivity index (χ1v) is 13.0. The third-order valence-electron chi connectivity index (χ3n) is 7.35. The first-order chi connectivity index (χ1) is 19.2. The second-order valence-electron chi connectivity index (χ2n) is 10.3. The average molecular weight is 545 g/mol. The minimum Gasteiger partial charge on any atom is -0.477 e. The van der Waals surface area contributed by atoms with E-state index in [1.807, 2.05) is 20.2 Å². The number of likely N-dealkylation sites (N-methyl/N-ethyl adjacent to an activating group) is 1. The molecule has 0 saturated carbocycles. The summed E-state index contributed by atoms with van der Waals surface area (Å²) in [6, 6.07) is 9.53. The molecule has 0 aliphatic carbocycles. The van der Waals surface area contributed by atoms with Crippen LogP contribution in [0.15, 0.2) is 53.6 Å². The smallest absolute Gasteiger partial charge is 0.341 e. The van der Waals surface area contributed by atoms with Crippen molar-refractivity contribution in [3.8, 4) is 11.1 Å². The Bertz CT molecular complexity index is 1850. The lowest BCUT2D eigenvalue weighted by Crippen LogP contribution is -2.46. The highest BCUT2D eigenvalue weighted by Crippen LogP contribution is 2.42. The van der Waals surface area contributed by atoms with Gasteiger partial charge in [-0.2, -0.15) is 0 Å². The van der Waals surface area contributed by atoms with E-state index in [2.05, 4.69) is 20.1 Å². The van der Waals surface area contributed by atoms with Crippen LogP contribution < -0.4 is 15.8 Å². The number of carboxylic acids is 1. The molecule has 4 aromatic heterocycles. The van der Waals surface area contributed by atoms with Gasteiger partial charge in [-0.05, 0) is 44.4 Å². The Morgan fingerprint density at radius 3 is 2.83 bits per heavy atom. The number of carboxylic acid groups (broad SMARTS) is 1. The zero-order chi connectivity index (χ0) is 28.1. The van der Waals surface area contributed by atoms with Crippen LogP contribution in [0.25, 0.3) is 38.6 Å². The molecule has 5 aromatic rings.